The smallest absolute Gasteiger partial charge is 0.323 e. The molecule has 0 radical (unpaired) electrons. The summed E-state index contributed by atoms with van der Waals surface area (Å²) in [5, 5.41) is 9.68. The maximum atomic E-state index is 11.9. The van der Waals surface area contributed by atoms with Gasteiger partial charge < -0.3 is 10.8 Å². The topological polar surface area (TPSA) is 66.6 Å². The lowest BCUT2D eigenvalue weighted by atomic mass is 9.93. The number of benzene rings is 2. The highest BCUT2D eigenvalue weighted by molar-refractivity contribution is 6.00. The van der Waals surface area contributed by atoms with Crippen LogP contribution in [0.25, 0.3) is 0 Å². The molecular weight excluding hydrogens is 252 g/mol. The van der Waals surface area contributed by atoms with Crippen molar-refractivity contribution in [2.24, 2.45) is 5.73 Å². The van der Waals surface area contributed by atoms with Gasteiger partial charge in [0.2, 0.25) is 0 Å². The van der Waals surface area contributed by atoms with E-state index in [4.69, 9.17) is 5.73 Å². The number of urea groups is 1. The Hall–Kier alpha value is -2.33. The van der Waals surface area contributed by atoms with Gasteiger partial charge in [0.1, 0.15) is 0 Å². The highest BCUT2D eigenvalue weighted by Gasteiger charge is 2.28. The third kappa shape index (κ3) is 1.94. The number of anilines is 2. The lowest BCUT2D eigenvalue weighted by Crippen LogP contribution is -2.32. The van der Waals surface area contributed by atoms with Crippen LogP contribution >= 0.6 is 0 Å². The summed E-state index contributed by atoms with van der Waals surface area (Å²) < 4.78 is 0. The first kappa shape index (κ1) is 12.7. The number of hydrogen-bond acceptors (Lipinski definition) is 2. The minimum atomic E-state index is -0.511. The third-order valence-electron chi connectivity index (χ3n) is 3.76. The maximum absolute atomic E-state index is 11.9. The van der Waals surface area contributed by atoms with Gasteiger partial charge in [-0.15, -0.1) is 0 Å². The first-order valence-electron chi connectivity index (χ1n) is 6.59. The monoisotopic (exact) mass is 268 g/mol. The average Bonchev–Trinajstić information content (AvgIpc) is 2.61. The molecule has 0 saturated carbocycles. The van der Waals surface area contributed by atoms with Crippen LogP contribution < -0.4 is 10.6 Å². The fourth-order valence-corrected chi connectivity index (χ4v) is 2.84. The molecule has 0 spiro atoms. The number of hydrogen-bond donors (Lipinski definition) is 2. The van der Waals surface area contributed by atoms with Crippen molar-refractivity contribution in [3.63, 3.8) is 0 Å². The van der Waals surface area contributed by atoms with Gasteiger partial charge >= 0.3 is 6.03 Å². The van der Waals surface area contributed by atoms with E-state index >= 15 is 0 Å². The number of amides is 2. The molecule has 1 atom stereocenters. The number of nitrogens with two attached hydrogens (primary N) is 1. The van der Waals surface area contributed by atoms with Crippen LogP contribution in [0, 0.1) is 0 Å². The predicted octanol–water partition coefficient (Wildman–Crippen LogP) is 2.54. The second-order valence-corrected chi connectivity index (χ2v) is 4.94. The standard InChI is InChI=1S/C16H16N2O2/c17-16(20)18-14-7-3-1-5-11(14)9-12(10-19)13-6-2-4-8-15(13)18/h1-8,12,19H,9-10H2,(H2,17,20). The molecular formula is C16H16N2O2. The van der Waals surface area contributed by atoms with Gasteiger partial charge in [0.05, 0.1) is 18.0 Å². The quantitative estimate of drug-likeness (QED) is 0.834. The summed E-state index contributed by atoms with van der Waals surface area (Å²) in [6, 6.07) is 14.8. The minimum absolute atomic E-state index is 0.0308. The van der Waals surface area contributed by atoms with E-state index in [-0.39, 0.29) is 12.5 Å². The molecule has 3 N–H and O–H groups in total. The van der Waals surface area contributed by atoms with E-state index in [9.17, 15) is 9.90 Å². The van der Waals surface area contributed by atoms with Crippen molar-refractivity contribution in [3.8, 4) is 0 Å². The molecule has 0 fully saturated rings. The van der Waals surface area contributed by atoms with Crippen molar-refractivity contribution >= 4 is 17.4 Å². The number of para-hydroxylation sites is 2. The van der Waals surface area contributed by atoms with Gasteiger partial charge in [0, 0.05) is 5.92 Å². The van der Waals surface area contributed by atoms with E-state index in [2.05, 4.69) is 0 Å². The molecule has 2 aromatic rings. The van der Waals surface area contributed by atoms with Gasteiger partial charge in [0.15, 0.2) is 0 Å². The van der Waals surface area contributed by atoms with Gasteiger partial charge in [0.25, 0.3) is 0 Å². The van der Waals surface area contributed by atoms with Crippen LogP contribution in [0.1, 0.15) is 17.0 Å². The number of nitrogens with zero attached hydrogens (tertiary/aromatic N) is 1. The van der Waals surface area contributed by atoms with Crippen molar-refractivity contribution in [3.05, 3.63) is 59.7 Å². The highest BCUT2D eigenvalue weighted by Crippen LogP contribution is 2.40. The number of aliphatic hydroxyl groups excluding tert-OH is 1. The molecule has 0 bridgehead atoms. The Morgan fingerprint density at radius 1 is 1.15 bits per heavy atom. The van der Waals surface area contributed by atoms with Gasteiger partial charge in [-0.25, -0.2) is 4.79 Å². The first-order chi connectivity index (χ1) is 9.72. The van der Waals surface area contributed by atoms with E-state index in [0.29, 0.717) is 6.42 Å². The van der Waals surface area contributed by atoms with E-state index in [1.54, 1.807) is 0 Å². The minimum Gasteiger partial charge on any atom is -0.396 e. The summed E-state index contributed by atoms with van der Waals surface area (Å²) in [6.07, 6.45) is 0.688. The number of aliphatic hydroxyl groups is 1. The van der Waals surface area contributed by atoms with Crippen LogP contribution in [0.3, 0.4) is 0 Å². The number of carbonyl (C=O) groups is 1. The zero-order valence-electron chi connectivity index (χ0n) is 11.0. The van der Waals surface area contributed by atoms with Crippen LogP contribution in [0.5, 0.6) is 0 Å². The summed E-state index contributed by atoms with van der Waals surface area (Å²) in [6.45, 7) is 0.0396. The maximum Gasteiger partial charge on any atom is 0.323 e. The Morgan fingerprint density at radius 3 is 2.50 bits per heavy atom. The molecule has 2 aromatic carbocycles. The molecule has 0 aliphatic carbocycles. The Morgan fingerprint density at radius 2 is 1.80 bits per heavy atom. The average molecular weight is 268 g/mol. The van der Waals surface area contributed by atoms with Gasteiger partial charge in [-0.2, -0.15) is 0 Å². The van der Waals surface area contributed by atoms with E-state index in [0.717, 1.165) is 22.5 Å². The molecule has 3 rings (SSSR count). The largest absolute Gasteiger partial charge is 0.396 e. The number of primary amides is 1. The van der Waals surface area contributed by atoms with Crippen molar-refractivity contribution < 1.29 is 9.90 Å². The summed E-state index contributed by atoms with van der Waals surface area (Å²) in [5.74, 6) is -0.0308. The number of carbonyl (C=O) groups excluding carboxylic acids is 1. The molecule has 0 aromatic heterocycles. The SMILES string of the molecule is NC(=O)N1c2ccccc2CC(CO)c2ccccc21. The van der Waals surface area contributed by atoms with E-state index in [1.807, 2.05) is 48.5 Å². The molecule has 20 heavy (non-hydrogen) atoms. The lowest BCUT2D eigenvalue weighted by molar-refractivity contribution is 0.256. The summed E-state index contributed by atoms with van der Waals surface area (Å²) >= 11 is 0. The molecule has 2 amide bonds. The molecule has 0 saturated heterocycles. The molecule has 1 heterocycles. The molecule has 1 aliphatic heterocycles. The zero-order chi connectivity index (χ0) is 14.1. The fraction of sp³-hybridized carbons (Fsp3) is 0.188. The number of rotatable bonds is 1. The Balaban J connectivity index is 2.27. The van der Waals surface area contributed by atoms with Crippen LogP contribution in [0.2, 0.25) is 0 Å². The van der Waals surface area contributed by atoms with E-state index in [1.165, 1.54) is 4.90 Å². The summed E-state index contributed by atoms with van der Waals surface area (Å²) in [5.41, 5.74) is 9.09. The van der Waals surface area contributed by atoms with Crippen molar-refractivity contribution in [1.29, 1.82) is 0 Å². The van der Waals surface area contributed by atoms with Gasteiger partial charge in [-0.3, -0.25) is 4.90 Å². The van der Waals surface area contributed by atoms with Gasteiger partial charge in [-0.1, -0.05) is 36.4 Å². The first-order valence-corrected chi connectivity index (χ1v) is 6.59. The Kier molecular flexibility index (Phi) is 3.16. The highest BCUT2D eigenvalue weighted by atomic mass is 16.3. The van der Waals surface area contributed by atoms with Crippen LogP contribution in [-0.4, -0.2) is 17.7 Å². The third-order valence-corrected chi connectivity index (χ3v) is 3.76. The van der Waals surface area contributed by atoms with Crippen molar-refractivity contribution in [2.75, 3.05) is 11.5 Å². The molecule has 1 aliphatic rings. The lowest BCUT2D eigenvalue weighted by Gasteiger charge is -2.23. The second kappa shape index (κ2) is 4.98. The summed E-state index contributed by atoms with van der Waals surface area (Å²) in [4.78, 5) is 13.4. The number of fused-ring (bicyclic) bond motifs is 2. The molecule has 102 valence electrons. The van der Waals surface area contributed by atoms with Crippen molar-refractivity contribution in [2.45, 2.75) is 12.3 Å². The predicted molar refractivity (Wildman–Crippen MR) is 78.1 cm³/mol. The second-order valence-electron chi connectivity index (χ2n) is 4.94. The molecule has 4 nitrogen and oxygen atoms in total. The Labute approximate surface area is 117 Å². The zero-order valence-corrected chi connectivity index (χ0v) is 11.0. The van der Waals surface area contributed by atoms with E-state index < -0.39 is 6.03 Å². The molecule has 1 unspecified atom stereocenters. The normalized spacial score (nSPS) is 17.1. The van der Waals surface area contributed by atoms with Crippen molar-refractivity contribution in [1.82, 2.24) is 0 Å². The fourth-order valence-electron chi connectivity index (χ4n) is 2.84. The molecule has 4 heteroatoms. The van der Waals surface area contributed by atoms with Crippen LogP contribution in [0.4, 0.5) is 16.2 Å². The van der Waals surface area contributed by atoms with Gasteiger partial charge in [-0.05, 0) is 29.7 Å². The Bertz CT molecular complexity index is 654. The van der Waals surface area contributed by atoms with Crippen LogP contribution in [-0.2, 0) is 6.42 Å². The van der Waals surface area contributed by atoms with Crippen LogP contribution in [0.15, 0.2) is 48.5 Å². The summed E-state index contributed by atoms with van der Waals surface area (Å²) in [7, 11) is 0.